The van der Waals surface area contributed by atoms with Gasteiger partial charge in [0.15, 0.2) is 0 Å². The van der Waals surface area contributed by atoms with E-state index in [9.17, 15) is 0 Å². The molecule has 3 nitrogen and oxygen atoms in total. The van der Waals surface area contributed by atoms with Gasteiger partial charge in [-0.1, -0.05) is 0 Å². The topological polar surface area (TPSA) is 31.0 Å². The van der Waals surface area contributed by atoms with Crippen molar-refractivity contribution in [2.45, 2.75) is 18.6 Å². The van der Waals surface area contributed by atoms with E-state index in [0.29, 0.717) is 5.75 Å². The molecular formula is C11H14N2OS. The van der Waals surface area contributed by atoms with Crippen molar-refractivity contribution in [2.75, 3.05) is 0 Å². The fourth-order valence-corrected chi connectivity index (χ4v) is 1.69. The van der Waals surface area contributed by atoms with Crippen LogP contribution in [-0.2, 0) is 25.6 Å². The third kappa shape index (κ3) is 2.45. The smallest absolute Gasteiger partial charge is 0.113 e. The fraction of sp³-hybridized carbons (Fsp3) is 0.364. The summed E-state index contributed by atoms with van der Waals surface area (Å²) in [5.74, 6) is 2.60. The van der Waals surface area contributed by atoms with Crippen LogP contribution in [0.2, 0.25) is 0 Å². The molecule has 0 N–H and O–H groups in total. The highest BCUT2D eigenvalue weighted by molar-refractivity contribution is 7.79. The monoisotopic (exact) mass is 222 g/mol. The molecular weight excluding hydrogens is 208 g/mol. The van der Waals surface area contributed by atoms with Crippen molar-refractivity contribution >= 4 is 12.6 Å². The van der Waals surface area contributed by atoms with Crippen LogP contribution in [0, 0.1) is 0 Å². The molecule has 2 heterocycles. The highest BCUT2D eigenvalue weighted by atomic mass is 32.1. The zero-order valence-corrected chi connectivity index (χ0v) is 9.58. The summed E-state index contributed by atoms with van der Waals surface area (Å²) in [7, 11) is 2.00. The van der Waals surface area contributed by atoms with Gasteiger partial charge in [0.25, 0.3) is 0 Å². The first kappa shape index (κ1) is 10.4. The fourth-order valence-electron chi connectivity index (χ4n) is 1.52. The van der Waals surface area contributed by atoms with E-state index < -0.39 is 0 Å². The lowest BCUT2D eigenvalue weighted by atomic mass is 10.2. The Labute approximate surface area is 94.5 Å². The average molecular weight is 222 g/mol. The largest absolute Gasteiger partial charge is 0.465 e. The van der Waals surface area contributed by atoms with Gasteiger partial charge in [-0.15, -0.1) is 0 Å². The van der Waals surface area contributed by atoms with Gasteiger partial charge in [-0.05, 0) is 18.6 Å². The molecule has 4 heteroatoms. The van der Waals surface area contributed by atoms with Crippen LogP contribution in [-0.4, -0.2) is 9.55 Å². The van der Waals surface area contributed by atoms with Gasteiger partial charge in [-0.25, -0.2) is 4.98 Å². The van der Waals surface area contributed by atoms with Crippen molar-refractivity contribution in [3.05, 3.63) is 41.9 Å². The molecule has 0 aromatic carbocycles. The summed E-state index contributed by atoms with van der Waals surface area (Å²) >= 11 is 4.16. The summed E-state index contributed by atoms with van der Waals surface area (Å²) in [6.45, 7) is 0. The maximum absolute atomic E-state index is 5.56. The van der Waals surface area contributed by atoms with Crippen LogP contribution in [0.15, 0.2) is 29.1 Å². The van der Waals surface area contributed by atoms with Crippen LogP contribution >= 0.6 is 12.6 Å². The Balaban J connectivity index is 1.96. The van der Waals surface area contributed by atoms with Gasteiger partial charge in [0, 0.05) is 31.1 Å². The zero-order chi connectivity index (χ0) is 10.7. The van der Waals surface area contributed by atoms with Crippen molar-refractivity contribution in [1.29, 1.82) is 0 Å². The quantitative estimate of drug-likeness (QED) is 0.804. The highest BCUT2D eigenvalue weighted by Gasteiger charge is 2.03. The maximum atomic E-state index is 5.56. The first-order chi connectivity index (χ1) is 7.29. The molecule has 0 saturated heterocycles. The Morgan fingerprint density at radius 3 is 2.73 bits per heavy atom. The Morgan fingerprint density at radius 1 is 1.33 bits per heavy atom. The number of rotatable bonds is 4. The number of aromatic nitrogens is 2. The van der Waals surface area contributed by atoms with Gasteiger partial charge in [0.05, 0.1) is 6.33 Å². The Kier molecular flexibility index (Phi) is 3.16. The lowest BCUT2D eigenvalue weighted by Gasteiger charge is -1.99. The average Bonchev–Trinajstić information content (AvgIpc) is 2.84. The number of imidazole rings is 1. The minimum Gasteiger partial charge on any atom is -0.465 e. The second kappa shape index (κ2) is 4.57. The molecule has 0 aliphatic rings. The van der Waals surface area contributed by atoms with E-state index in [1.807, 2.05) is 36.3 Å². The van der Waals surface area contributed by atoms with Gasteiger partial charge in [-0.2, -0.15) is 12.6 Å². The van der Waals surface area contributed by atoms with Crippen LogP contribution in [0.1, 0.15) is 17.2 Å². The SMILES string of the molecule is Cn1cncc1CCc1ccc(CS)o1. The van der Waals surface area contributed by atoms with Crippen molar-refractivity contribution < 1.29 is 4.42 Å². The van der Waals surface area contributed by atoms with Crippen LogP contribution in [0.25, 0.3) is 0 Å². The summed E-state index contributed by atoms with van der Waals surface area (Å²) < 4.78 is 7.60. The van der Waals surface area contributed by atoms with Crippen molar-refractivity contribution in [3.63, 3.8) is 0 Å². The summed E-state index contributed by atoms with van der Waals surface area (Å²) in [6, 6.07) is 3.99. The molecule has 80 valence electrons. The Bertz CT molecular complexity index is 433. The number of hydrogen-bond donors (Lipinski definition) is 1. The first-order valence-electron chi connectivity index (χ1n) is 4.93. The Morgan fingerprint density at radius 2 is 2.13 bits per heavy atom. The molecule has 0 aliphatic carbocycles. The van der Waals surface area contributed by atoms with Gasteiger partial charge >= 0.3 is 0 Å². The van der Waals surface area contributed by atoms with E-state index in [1.165, 1.54) is 5.69 Å². The van der Waals surface area contributed by atoms with Crippen molar-refractivity contribution in [1.82, 2.24) is 9.55 Å². The lowest BCUT2D eigenvalue weighted by Crippen LogP contribution is -1.96. The molecule has 15 heavy (non-hydrogen) atoms. The number of nitrogens with zero attached hydrogens (tertiary/aromatic N) is 2. The molecule has 0 amide bonds. The molecule has 0 aliphatic heterocycles. The summed E-state index contributed by atoms with van der Waals surface area (Å²) in [5.41, 5.74) is 1.22. The van der Waals surface area contributed by atoms with Gasteiger partial charge in [0.2, 0.25) is 0 Å². The third-order valence-electron chi connectivity index (χ3n) is 2.42. The summed E-state index contributed by atoms with van der Waals surface area (Å²) in [5, 5.41) is 0. The molecule has 0 atom stereocenters. The standard InChI is InChI=1S/C11H14N2OS/c1-13-8-12-6-9(13)2-3-10-4-5-11(7-15)14-10/h4-6,8,15H,2-3,7H2,1H3. The van der Waals surface area contributed by atoms with E-state index in [0.717, 1.165) is 24.4 Å². The molecule has 2 rings (SSSR count). The van der Waals surface area contributed by atoms with Crippen LogP contribution < -0.4 is 0 Å². The maximum Gasteiger partial charge on any atom is 0.113 e. The molecule has 0 spiro atoms. The minimum atomic E-state index is 0.658. The van der Waals surface area contributed by atoms with Gasteiger partial charge < -0.3 is 8.98 Å². The van der Waals surface area contributed by atoms with E-state index >= 15 is 0 Å². The molecule has 0 saturated carbocycles. The number of hydrogen-bond acceptors (Lipinski definition) is 3. The summed E-state index contributed by atoms with van der Waals surface area (Å²) in [4.78, 5) is 4.08. The van der Waals surface area contributed by atoms with Crippen LogP contribution in [0.5, 0.6) is 0 Å². The minimum absolute atomic E-state index is 0.658. The highest BCUT2D eigenvalue weighted by Crippen LogP contribution is 2.12. The molecule has 0 unspecified atom stereocenters. The molecule has 2 aromatic heterocycles. The normalized spacial score (nSPS) is 10.8. The number of furan rings is 1. The van der Waals surface area contributed by atoms with Crippen molar-refractivity contribution in [2.24, 2.45) is 7.05 Å². The van der Waals surface area contributed by atoms with Crippen LogP contribution in [0.3, 0.4) is 0 Å². The Hall–Kier alpha value is -1.16. The number of thiol groups is 1. The van der Waals surface area contributed by atoms with E-state index in [1.54, 1.807) is 0 Å². The molecule has 0 bridgehead atoms. The second-order valence-electron chi connectivity index (χ2n) is 3.52. The molecule has 0 radical (unpaired) electrons. The third-order valence-corrected chi connectivity index (χ3v) is 2.73. The van der Waals surface area contributed by atoms with Crippen molar-refractivity contribution in [3.8, 4) is 0 Å². The van der Waals surface area contributed by atoms with Crippen LogP contribution in [0.4, 0.5) is 0 Å². The number of aryl methyl sites for hydroxylation is 3. The van der Waals surface area contributed by atoms with E-state index in [4.69, 9.17) is 4.42 Å². The van der Waals surface area contributed by atoms with Gasteiger partial charge in [-0.3, -0.25) is 0 Å². The lowest BCUT2D eigenvalue weighted by molar-refractivity contribution is 0.478. The summed E-state index contributed by atoms with van der Waals surface area (Å²) in [6.07, 6.45) is 5.57. The van der Waals surface area contributed by atoms with Gasteiger partial charge in [0.1, 0.15) is 11.5 Å². The zero-order valence-electron chi connectivity index (χ0n) is 8.68. The van der Waals surface area contributed by atoms with E-state index in [-0.39, 0.29) is 0 Å². The first-order valence-corrected chi connectivity index (χ1v) is 5.56. The predicted octanol–water partition coefficient (Wildman–Crippen LogP) is 2.23. The second-order valence-corrected chi connectivity index (χ2v) is 3.84. The van der Waals surface area contributed by atoms with E-state index in [2.05, 4.69) is 17.6 Å². The molecule has 2 aromatic rings. The molecule has 0 fully saturated rings. The predicted molar refractivity (Wildman–Crippen MR) is 62.0 cm³/mol.